The summed E-state index contributed by atoms with van der Waals surface area (Å²) in [6.07, 6.45) is 1.00. The predicted molar refractivity (Wildman–Crippen MR) is 92.3 cm³/mol. The number of rotatable bonds is 7. The highest BCUT2D eigenvalue weighted by molar-refractivity contribution is 7.91. The zero-order valence-electron chi connectivity index (χ0n) is 14.2. The number of ether oxygens (including phenoxy) is 1. The quantitative estimate of drug-likeness (QED) is 0.747. The van der Waals surface area contributed by atoms with Gasteiger partial charge < -0.3 is 14.7 Å². The number of carboxylic acids is 1. The molecule has 1 atom stereocenters. The Hall–Kier alpha value is -1.49. The number of sulfonamides is 1. The van der Waals surface area contributed by atoms with Crippen molar-refractivity contribution >= 4 is 33.2 Å². The summed E-state index contributed by atoms with van der Waals surface area (Å²) in [5, 5.41) is 10.2. The van der Waals surface area contributed by atoms with Crippen LogP contribution in [-0.4, -0.2) is 74.0 Å². The number of carbonyl (C=O) groups is 2. The van der Waals surface area contributed by atoms with Crippen molar-refractivity contribution in [3.05, 3.63) is 17.0 Å². The molecule has 1 saturated heterocycles. The molecule has 0 radical (unpaired) electrons. The van der Waals surface area contributed by atoms with E-state index >= 15 is 0 Å². The molecule has 25 heavy (non-hydrogen) atoms. The molecular weight excluding hydrogens is 368 g/mol. The normalized spacial score (nSPS) is 17.4. The molecule has 1 aromatic heterocycles. The van der Waals surface area contributed by atoms with Crippen LogP contribution in [-0.2, 0) is 19.6 Å². The lowest BCUT2D eigenvalue weighted by Gasteiger charge is -2.34. The lowest BCUT2D eigenvalue weighted by Crippen LogP contribution is -2.50. The minimum Gasteiger partial charge on any atom is -0.478 e. The molecule has 0 aromatic carbocycles. The fourth-order valence-electron chi connectivity index (χ4n) is 2.47. The molecule has 8 nitrogen and oxygen atoms in total. The van der Waals surface area contributed by atoms with E-state index in [9.17, 15) is 18.0 Å². The molecule has 10 heteroatoms. The van der Waals surface area contributed by atoms with Crippen LogP contribution in [0.5, 0.6) is 0 Å². The van der Waals surface area contributed by atoms with Crippen molar-refractivity contribution in [3.63, 3.8) is 0 Å². The molecule has 0 spiro atoms. The lowest BCUT2D eigenvalue weighted by molar-refractivity contribution is -0.133. The molecule has 2 heterocycles. The highest BCUT2D eigenvalue weighted by Crippen LogP contribution is 2.25. The Kier molecular flexibility index (Phi) is 6.55. The van der Waals surface area contributed by atoms with Crippen LogP contribution in [0.4, 0.5) is 0 Å². The zero-order chi connectivity index (χ0) is 18.6. The first-order valence-corrected chi connectivity index (χ1v) is 10.2. The fraction of sp³-hybridized carbons (Fsp3) is 0.600. The molecule has 1 amide bonds. The highest BCUT2D eigenvalue weighted by atomic mass is 32.2. The lowest BCUT2D eigenvalue weighted by atomic mass is 10.2. The van der Waals surface area contributed by atoms with Crippen molar-refractivity contribution in [2.75, 3.05) is 33.3 Å². The summed E-state index contributed by atoms with van der Waals surface area (Å²) in [7, 11) is -2.13. The molecule has 1 fully saturated rings. The van der Waals surface area contributed by atoms with Gasteiger partial charge in [0.25, 0.3) is 10.0 Å². The summed E-state index contributed by atoms with van der Waals surface area (Å²) in [5.41, 5.74) is -0.0374. The van der Waals surface area contributed by atoms with Crippen LogP contribution in [0.3, 0.4) is 0 Å². The minimum atomic E-state index is -3.72. The molecule has 1 aliphatic heterocycles. The van der Waals surface area contributed by atoms with Crippen LogP contribution in [0.15, 0.2) is 15.7 Å². The fourth-order valence-corrected chi connectivity index (χ4v) is 5.20. The largest absolute Gasteiger partial charge is 0.478 e. The maximum Gasteiger partial charge on any atom is 0.336 e. The van der Waals surface area contributed by atoms with Gasteiger partial charge in [0.05, 0.1) is 11.7 Å². The van der Waals surface area contributed by atoms with Gasteiger partial charge in [-0.1, -0.05) is 0 Å². The Balaban J connectivity index is 1.94. The Morgan fingerprint density at radius 1 is 1.32 bits per heavy atom. The van der Waals surface area contributed by atoms with Gasteiger partial charge in [-0.2, -0.15) is 4.31 Å². The number of carboxylic acid groups (broad SMARTS) is 1. The van der Waals surface area contributed by atoms with Crippen molar-refractivity contribution in [3.8, 4) is 0 Å². The SMILES string of the molecule is COC(C)CCC(=O)N1CCN(S(=O)(=O)c2cc(C(=O)O)cs2)CC1. The number of amides is 1. The molecule has 0 saturated carbocycles. The van der Waals surface area contributed by atoms with Gasteiger partial charge >= 0.3 is 5.97 Å². The van der Waals surface area contributed by atoms with Crippen LogP contribution in [0, 0.1) is 0 Å². The highest BCUT2D eigenvalue weighted by Gasteiger charge is 2.31. The van der Waals surface area contributed by atoms with Crippen LogP contribution >= 0.6 is 11.3 Å². The third-order valence-corrected chi connectivity index (χ3v) is 7.49. The van der Waals surface area contributed by atoms with E-state index in [2.05, 4.69) is 0 Å². The van der Waals surface area contributed by atoms with E-state index in [1.807, 2.05) is 6.92 Å². The second kappa shape index (κ2) is 8.26. The minimum absolute atomic E-state index is 0.00729. The summed E-state index contributed by atoms with van der Waals surface area (Å²) in [6.45, 7) is 2.96. The maximum absolute atomic E-state index is 12.6. The molecule has 0 aliphatic carbocycles. The number of piperazine rings is 1. The van der Waals surface area contributed by atoms with Gasteiger partial charge in [-0.25, -0.2) is 13.2 Å². The van der Waals surface area contributed by atoms with Gasteiger partial charge in [0.2, 0.25) is 5.91 Å². The number of carbonyl (C=O) groups excluding carboxylic acids is 1. The zero-order valence-corrected chi connectivity index (χ0v) is 15.8. The van der Waals surface area contributed by atoms with Gasteiger partial charge in [-0.05, 0) is 19.4 Å². The monoisotopic (exact) mass is 390 g/mol. The Labute approximate surface area is 151 Å². The smallest absolute Gasteiger partial charge is 0.336 e. The van der Waals surface area contributed by atoms with Crippen molar-refractivity contribution in [2.45, 2.75) is 30.1 Å². The van der Waals surface area contributed by atoms with Gasteiger partial charge in [0, 0.05) is 45.1 Å². The first-order chi connectivity index (χ1) is 11.8. The average molecular weight is 390 g/mol. The molecule has 1 aliphatic rings. The van der Waals surface area contributed by atoms with Gasteiger partial charge in [-0.15, -0.1) is 11.3 Å². The van der Waals surface area contributed by atoms with Crippen LogP contribution in [0.25, 0.3) is 0 Å². The topological polar surface area (TPSA) is 104 Å². The van der Waals surface area contributed by atoms with E-state index in [-0.39, 0.29) is 34.9 Å². The first kappa shape index (κ1) is 19.8. The number of thiophene rings is 1. The van der Waals surface area contributed by atoms with E-state index in [4.69, 9.17) is 9.84 Å². The van der Waals surface area contributed by atoms with Crippen molar-refractivity contribution in [1.29, 1.82) is 0 Å². The van der Waals surface area contributed by atoms with Crippen LogP contribution in [0.2, 0.25) is 0 Å². The van der Waals surface area contributed by atoms with Gasteiger partial charge in [-0.3, -0.25) is 4.79 Å². The number of aromatic carboxylic acids is 1. The number of hydrogen-bond donors (Lipinski definition) is 1. The number of methoxy groups -OCH3 is 1. The number of hydrogen-bond acceptors (Lipinski definition) is 6. The first-order valence-electron chi connectivity index (χ1n) is 7.88. The molecule has 1 N–H and O–H groups in total. The maximum atomic E-state index is 12.6. The Morgan fingerprint density at radius 3 is 2.48 bits per heavy atom. The van der Waals surface area contributed by atoms with Crippen molar-refractivity contribution < 1.29 is 27.9 Å². The molecule has 2 rings (SSSR count). The molecule has 1 unspecified atom stereocenters. The number of nitrogens with zero attached hydrogens (tertiary/aromatic N) is 2. The summed E-state index contributed by atoms with van der Waals surface area (Å²) in [5.74, 6) is -1.16. The Morgan fingerprint density at radius 2 is 1.96 bits per heavy atom. The summed E-state index contributed by atoms with van der Waals surface area (Å²) in [4.78, 5) is 24.7. The van der Waals surface area contributed by atoms with Crippen LogP contribution < -0.4 is 0 Å². The predicted octanol–water partition coefficient (Wildman–Crippen LogP) is 1.09. The average Bonchev–Trinajstić information content (AvgIpc) is 3.10. The van der Waals surface area contributed by atoms with Gasteiger partial charge in [0.15, 0.2) is 0 Å². The van der Waals surface area contributed by atoms with E-state index in [1.54, 1.807) is 12.0 Å². The second-order valence-corrected chi connectivity index (χ2v) is 8.91. The summed E-state index contributed by atoms with van der Waals surface area (Å²) < 4.78 is 31.6. The third kappa shape index (κ3) is 4.78. The molecule has 0 bridgehead atoms. The molecule has 1 aromatic rings. The van der Waals surface area contributed by atoms with E-state index in [0.717, 1.165) is 11.3 Å². The molecular formula is C15H22N2O6S2. The van der Waals surface area contributed by atoms with E-state index in [1.165, 1.54) is 15.8 Å². The van der Waals surface area contributed by atoms with Crippen molar-refractivity contribution in [2.24, 2.45) is 0 Å². The third-order valence-electron chi connectivity index (χ3n) is 4.17. The van der Waals surface area contributed by atoms with E-state index < -0.39 is 16.0 Å². The summed E-state index contributed by atoms with van der Waals surface area (Å²) >= 11 is 0.894. The standard InChI is InChI=1S/C15H22N2O6S2/c1-11(23-2)3-4-13(18)16-5-7-17(8-6-16)25(21,22)14-9-12(10-24-14)15(19)20/h9-11H,3-8H2,1-2H3,(H,19,20). The van der Waals surface area contributed by atoms with Crippen LogP contribution in [0.1, 0.15) is 30.1 Å². The second-order valence-electron chi connectivity index (χ2n) is 5.83. The molecule has 140 valence electrons. The van der Waals surface area contributed by atoms with E-state index in [0.29, 0.717) is 25.9 Å². The summed E-state index contributed by atoms with van der Waals surface area (Å²) in [6, 6.07) is 1.17. The Bertz CT molecular complexity index is 722. The van der Waals surface area contributed by atoms with Crippen molar-refractivity contribution in [1.82, 2.24) is 9.21 Å². The van der Waals surface area contributed by atoms with Gasteiger partial charge in [0.1, 0.15) is 4.21 Å².